The van der Waals surface area contributed by atoms with Gasteiger partial charge in [-0.15, -0.1) is 0 Å². The van der Waals surface area contributed by atoms with E-state index < -0.39 is 43.6 Å². The molecule has 0 atom stereocenters. The lowest BCUT2D eigenvalue weighted by Crippen LogP contribution is -2.32. The molecule has 0 nitrogen and oxygen atoms in total. The van der Waals surface area contributed by atoms with Crippen molar-refractivity contribution in [2.24, 2.45) is 0 Å². The SMILES string of the molecule is [2H]c1c([2H])c([2H])c(C([2H])([2H])[P+](c2ccccc2)(c2ccccc2)c2ccccc2)c([2H])c1[2H]. The number of rotatable bonds is 5. The van der Waals surface area contributed by atoms with E-state index in [0.29, 0.717) is 0 Å². The summed E-state index contributed by atoms with van der Waals surface area (Å²) in [5.74, 6) is 0. The Labute approximate surface area is 166 Å². The highest BCUT2D eigenvalue weighted by Gasteiger charge is 2.45. The molecule has 0 fully saturated rings. The number of hydrogen-bond donors (Lipinski definition) is 0. The topological polar surface area (TPSA) is 0 Å². The Hall–Kier alpha value is -2.69. The third-order valence-electron chi connectivity index (χ3n) is 4.21. The molecular formula is C25H22P+. The Morgan fingerprint density at radius 1 is 0.577 bits per heavy atom. The molecule has 0 aromatic heterocycles. The van der Waals surface area contributed by atoms with E-state index >= 15 is 0 Å². The summed E-state index contributed by atoms with van der Waals surface area (Å²) in [5, 5.41) is 2.16. The largest absolute Gasteiger partial charge is 0.116 e. The summed E-state index contributed by atoms with van der Waals surface area (Å²) in [6.45, 7) is 0. The zero-order chi connectivity index (χ0) is 23.8. The highest BCUT2D eigenvalue weighted by atomic mass is 31.2. The van der Waals surface area contributed by atoms with Gasteiger partial charge in [0.15, 0.2) is 0 Å². The van der Waals surface area contributed by atoms with Gasteiger partial charge in [-0.2, -0.15) is 0 Å². The van der Waals surface area contributed by atoms with Gasteiger partial charge in [0.2, 0.25) is 0 Å². The molecule has 4 rings (SSSR count). The van der Waals surface area contributed by atoms with Crippen LogP contribution in [-0.2, 0) is 6.11 Å². The fourth-order valence-electron chi connectivity index (χ4n) is 3.07. The zero-order valence-corrected chi connectivity index (χ0v) is 15.0. The predicted octanol–water partition coefficient (Wildman–Crippen LogP) is 5.18. The van der Waals surface area contributed by atoms with Gasteiger partial charge in [-0.3, -0.25) is 0 Å². The summed E-state index contributed by atoms with van der Waals surface area (Å²) < 4.78 is 60.6. The van der Waals surface area contributed by atoms with Gasteiger partial charge in [0.25, 0.3) is 0 Å². The molecule has 0 amide bonds. The standard InChI is InChI=1S/C25H22P/c1-5-13-22(14-6-1)21-26(23-15-7-2-8-16-23,24-17-9-3-10-18-24)25-19-11-4-12-20-25/h1-20H,21H2/q+1/i1D,5D,6D,13D,14D,21D2. The van der Waals surface area contributed by atoms with E-state index in [1.807, 2.05) is 91.0 Å². The Morgan fingerprint density at radius 3 is 1.35 bits per heavy atom. The van der Waals surface area contributed by atoms with Crippen LogP contribution in [0.25, 0.3) is 0 Å². The Balaban J connectivity index is 2.22. The molecule has 0 bridgehead atoms. The third-order valence-corrected chi connectivity index (χ3v) is 7.99. The van der Waals surface area contributed by atoms with Gasteiger partial charge in [0, 0.05) is 0 Å². The molecule has 0 unspecified atom stereocenters. The summed E-state index contributed by atoms with van der Waals surface area (Å²) in [6.07, 6.45) is -2.31. The molecule has 0 radical (unpaired) electrons. The van der Waals surface area contributed by atoms with Crippen LogP contribution >= 0.6 is 7.26 Å². The van der Waals surface area contributed by atoms with E-state index in [2.05, 4.69) is 0 Å². The molecule has 0 heterocycles. The minimum absolute atomic E-state index is 0.321. The van der Waals surface area contributed by atoms with Crippen molar-refractivity contribution in [2.75, 3.05) is 0 Å². The molecule has 4 aromatic rings. The van der Waals surface area contributed by atoms with E-state index in [0.717, 1.165) is 15.9 Å². The molecule has 0 saturated heterocycles. The zero-order valence-electron chi connectivity index (χ0n) is 21.1. The second kappa shape index (κ2) is 7.68. The predicted molar refractivity (Wildman–Crippen MR) is 115 cm³/mol. The molecule has 0 saturated carbocycles. The van der Waals surface area contributed by atoms with E-state index in [4.69, 9.17) is 6.85 Å². The van der Waals surface area contributed by atoms with Gasteiger partial charge in [-0.25, -0.2) is 0 Å². The van der Waals surface area contributed by atoms with Crippen molar-refractivity contribution in [2.45, 2.75) is 6.11 Å². The monoisotopic (exact) mass is 360 g/mol. The van der Waals surface area contributed by atoms with Crippen molar-refractivity contribution in [1.82, 2.24) is 0 Å². The second-order valence-corrected chi connectivity index (χ2v) is 8.90. The quantitative estimate of drug-likeness (QED) is 0.430. The Bertz CT molecular complexity index is 1150. The molecule has 0 aliphatic rings. The number of benzene rings is 4. The molecule has 0 aliphatic heterocycles. The lowest BCUT2D eigenvalue weighted by molar-refractivity contribution is 1.39. The van der Waals surface area contributed by atoms with Crippen molar-refractivity contribution in [1.29, 1.82) is 0 Å². The second-order valence-electron chi connectivity index (χ2n) is 5.79. The Kier molecular flexibility index (Phi) is 3.09. The van der Waals surface area contributed by atoms with Gasteiger partial charge in [0.05, 0.1) is 15.7 Å². The summed E-state index contributed by atoms with van der Waals surface area (Å²) in [6, 6.07) is 25.1. The van der Waals surface area contributed by atoms with Crippen LogP contribution in [0.4, 0.5) is 0 Å². The molecule has 1 heteroatoms. The summed E-state index contributed by atoms with van der Waals surface area (Å²) in [4.78, 5) is 0. The van der Waals surface area contributed by atoms with Crippen molar-refractivity contribution < 1.29 is 9.60 Å². The van der Waals surface area contributed by atoms with E-state index in [-0.39, 0.29) is 5.56 Å². The van der Waals surface area contributed by atoms with Crippen LogP contribution in [0, 0.1) is 0 Å². The average Bonchev–Trinajstić information content (AvgIpc) is 2.84. The minimum Gasteiger partial charge on any atom is -0.0622 e. The van der Waals surface area contributed by atoms with Gasteiger partial charge >= 0.3 is 0 Å². The van der Waals surface area contributed by atoms with Crippen LogP contribution in [-0.4, -0.2) is 0 Å². The maximum Gasteiger partial charge on any atom is 0.116 e. The fourth-order valence-corrected chi connectivity index (χ4v) is 6.66. The molecule has 4 aromatic carbocycles. The first-order valence-corrected chi connectivity index (χ1v) is 10.2. The van der Waals surface area contributed by atoms with E-state index in [1.165, 1.54) is 0 Å². The molecular weight excluding hydrogens is 331 g/mol. The summed E-state index contributed by atoms with van der Waals surface area (Å²) in [7, 11) is -3.22. The minimum atomic E-state index is -3.22. The lowest BCUT2D eigenvalue weighted by Gasteiger charge is -2.27. The van der Waals surface area contributed by atoms with Gasteiger partial charge in [-0.1, -0.05) is 84.8 Å². The van der Waals surface area contributed by atoms with Crippen LogP contribution in [0.2, 0.25) is 0 Å². The highest BCUT2D eigenvalue weighted by Crippen LogP contribution is 2.58. The molecule has 0 N–H and O–H groups in total. The average molecular weight is 360 g/mol. The van der Waals surface area contributed by atoms with Crippen LogP contribution < -0.4 is 15.9 Å². The highest BCUT2D eigenvalue weighted by molar-refractivity contribution is 7.95. The summed E-state index contributed by atoms with van der Waals surface area (Å²) in [5.41, 5.74) is -0.321. The molecule has 126 valence electrons. The number of hydrogen-bond acceptors (Lipinski definition) is 0. The first-order chi connectivity index (χ1) is 15.7. The van der Waals surface area contributed by atoms with E-state index in [1.54, 1.807) is 0 Å². The normalized spacial score (nSPS) is 15.6. The van der Waals surface area contributed by atoms with Crippen LogP contribution in [0.15, 0.2) is 121 Å². The smallest absolute Gasteiger partial charge is 0.0622 e. The van der Waals surface area contributed by atoms with Crippen molar-refractivity contribution in [3.05, 3.63) is 127 Å². The van der Waals surface area contributed by atoms with Gasteiger partial charge in [0.1, 0.15) is 23.2 Å². The van der Waals surface area contributed by atoms with Crippen LogP contribution in [0.1, 0.15) is 15.2 Å². The lowest BCUT2D eigenvalue weighted by atomic mass is 10.2. The van der Waals surface area contributed by atoms with Crippen molar-refractivity contribution >= 4 is 23.2 Å². The Morgan fingerprint density at radius 2 is 0.962 bits per heavy atom. The molecule has 0 aliphatic carbocycles. The summed E-state index contributed by atoms with van der Waals surface area (Å²) >= 11 is 0. The first kappa shape index (κ1) is 10.5. The van der Waals surface area contributed by atoms with E-state index in [9.17, 15) is 2.74 Å². The van der Waals surface area contributed by atoms with Crippen molar-refractivity contribution in [3.63, 3.8) is 0 Å². The van der Waals surface area contributed by atoms with Crippen molar-refractivity contribution in [3.8, 4) is 0 Å². The third kappa shape index (κ3) is 3.21. The molecule has 26 heavy (non-hydrogen) atoms. The van der Waals surface area contributed by atoms with Crippen LogP contribution in [0.3, 0.4) is 0 Å². The van der Waals surface area contributed by atoms with Gasteiger partial charge < -0.3 is 0 Å². The maximum absolute atomic E-state index is 9.58. The fraction of sp³-hybridized carbons (Fsp3) is 0.0400. The van der Waals surface area contributed by atoms with Crippen LogP contribution in [0.5, 0.6) is 0 Å². The molecule has 0 spiro atoms. The van der Waals surface area contributed by atoms with Gasteiger partial charge in [-0.05, 0) is 42.0 Å². The first-order valence-electron chi connectivity index (χ1n) is 11.9. The maximum atomic E-state index is 9.58.